The molecule has 1 atom stereocenters. The second-order valence-electron chi connectivity index (χ2n) is 4.19. The summed E-state index contributed by atoms with van der Waals surface area (Å²) in [6.07, 6.45) is 3.03. The Morgan fingerprint density at radius 3 is 2.56 bits per heavy atom. The summed E-state index contributed by atoms with van der Waals surface area (Å²) in [5.74, 6) is 1.11. The zero-order chi connectivity index (χ0) is 12.1. The van der Waals surface area contributed by atoms with Crippen LogP contribution in [0.4, 0.5) is 0 Å². The van der Waals surface area contributed by atoms with Gasteiger partial charge in [0.05, 0.1) is 6.10 Å². The van der Waals surface area contributed by atoms with E-state index in [1.165, 1.54) is 11.1 Å². The van der Waals surface area contributed by atoms with E-state index in [1.807, 2.05) is 32.1 Å². The van der Waals surface area contributed by atoms with Crippen molar-refractivity contribution in [2.45, 2.75) is 39.2 Å². The van der Waals surface area contributed by atoms with Crippen LogP contribution in [0.15, 0.2) is 30.9 Å². The van der Waals surface area contributed by atoms with Gasteiger partial charge < -0.3 is 4.74 Å². The predicted molar refractivity (Wildman–Crippen MR) is 69.9 cm³/mol. The summed E-state index contributed by atoms with van der Waals surface area (Å²) in [5.41, 5.74) is 2.46. The molecule has 1 unspecified atom stereocenters. The van der Waals surface area contributed by atoms with E-state index in [4.69, 9.17) is 4.74 Å². The molecule has 1 nitrogen and oxygen atoms in total. The molecule has 0 heterocycles. The molecule has 0 aromatic heterocycles. The van der Waals surface area contributed by atoms with Crippen LogP contribution >= 0.6 is 0 Å². The van der Waals surface area contributed by atoms with Gasteiger partial charge in [0.1, 0.15) is 5.75 Å². The molecule has 0 aliphatic carbocycles. The van der Waals surface area contributed by atoms with Crippen LogP contribution in [-0.2, 0) is 6.42 Å². The molecule has 1 aromatic carbocycles. The first-order valence-electron chi connectivity index (χ1n) is 5.84. The Labute approximate surface area is 99.1 Å². The fourth-order valence-corrected chi connectivity index (χ4v) is 1.80. The normalized spacial score (nSPS) is 12.6. The van der Waals surface area contributed by atoms with Crippen molar-refractivity contribution in [3.63, 3.8) is 0 Å². The van der Waals surface area contributed by atoms with Crippen LogP contribution < -0.4 is 4.74 Å². The zero-order valence-corrected chi connectivity index (χ0v) is 10.5. The molecule has 0 aliphatic heterocycles. The van der Waals surface area contributed by atoms with Gasteiger partial charge in [-0.3, -0.25) is 0 Å². The van der Waals surface area contributed by atoms with Crippen LogP contribution in [-0.4, -0.2) is 6.10 Å². The highest BCUT2D eigenvalue weighted by molar-refractivity contribution is 5.44. The zero-order valence-electron chi connectivity index (χ0n) is 10.5. The van der Waals surface area contributed by atoms with Gasteiger partial charge in [-0.05, 0) is 44.4 Å². The van der Waals surface area contributed by atoms with Crippen LogP contribution in [0.1, 0.15) is 37.8 Å². The van der Waals surface area contributed by atoms with E-state index in [9.17, 15) is 0 Å². The van der Waals surface area contributed by atoms with Crippen molar-refractivity contribution in [2.24, 2.45) is 0 Å². The average molecular weight is 217 g/mol. The SMILES string of the molecule is [CH2]C(C=C)c1cccc(OC(C)C)c1CC. The molecule has 16 heavy (non-hydrogen) atoms. The van der Waals surface area contributed by atoms with Gasteiger partial charge >= 0.3 is 0 Å². The third-order valence-corrected chi connectivity index (χ3v) is 2.57. The lowest BCUT2D eigenvalue weighted by atomic mass is 9.94. The van der Waals surface area contributed by atoms with Gasteiger partial charge in [0.25, 0.3) is 0 Å². The van der Waals surface area contributed by atoms with Gasteiger partial charge in [-0.1, -0.05) is 25.1 Å². The molecule has 1 heteroatoms. The summed E-state index contributed by atoms with van der Waals surface area (Å²) in [6, 6.07) is 6.15. The van der Waals surface area contributed by atoms with E-state index in [0.29, 0.717) is 0 Å². The Balaban J connectivity index is 3.14. The molecule has 0 amide bonds. The highest BCUT2D eigenvalue weighted by atomic mass is 16.5. The van der Waals surface area contributed by atoms with Gasteiger partial charge in [0, 0.05) is 5.92 Å². The van der Waals surface area contributed by atoms with Crippen LogP contribution in [0.3, 0.4) is 0 Å². The Kier molecular flexibility index (Phi) is 4.60. The molecule has 0 saturated carbocycles. The molecule has 1 aromatic rings. The highest BCUT2D eigenvalue weighted by Crippen LogP contribution is 2.29. The Morgan fingerprint density at radius 1 is 1.38 bits per heavy atom. The summed E-state index contributed by atoms with van der Waals surface area (Å²) in [4.78, 5) is 0. The van der Waals surface area contributed by atoms with Crippen molar-refractivity contribution in [3.8, 4) is 5.75 Å². The van der Waals surface area contributed by atoms with E-state index >= 15 is 0 Å². The second kappa shape index (κ2) is 5.74. The van der Waals surface area contributed by atoms with Gasteiger partial charge in [0.15, 0.2) is 0 Å². The van der Waals surface area contributed by atoms with E-state index in [-0.39, 0.29) is 12.0 Å². The van der Waals surface area contributed by atoms with E-state index in [0.717, 1.165) is 12.2 Å². The topological polar surface area (TPSA) is 9.23 Å². The first kappa shape index (κ1) is 12.8. The fourth-order valence-electron chi connectivity index (χ4n) is 1.80. The fraction of sp³-hybridized carbons (Fsp3) is 0.400. The Morgan fingerprint density at radius 2 is 2.06 bits per heavy atom. The minimum atomic E-state index is 0.130. The lowest BCUT2D eigenvalue weighted by Gasteiger charge is -2.18. The van der Waals surface area contributed by atoms with Crippen molar-refractivity contribution < 1.29 is 4.74 Å². The smallest absolute Gasteiger partial charge is 0.123 e. The molecule has 0 fully saturated rings. The summed E-state index contributed by atoms with van der Waals surface area (Å²) >= 11 is 0. The van der Waals surface area contributed by atoms with Gasteiger partial charge in [0.2, 0.25) is 0 Å². The Hall–Kier alpha value is -1.24. The maximum absolute atomic E-state index is 5.81. The van der Waals surface area contributed by atoms with E-state index in [1.54, 1.807) is 0 Å². The molecule has 0 aliphatic rings. The number of hydrogen-bond acceptors (Lipinski definition) is 1. The summed E-state index contributed by atoms with van der Waals surface area (Å²) < 4.78 is 5.81. The maximum atomic E-state index is 5.81. The number of ether oxygens (including phenoxy) is 1. The Bertz CT molecular complexity index is 352. The molecule has 0 N–H and O–H groups in total. The van der Waals surface area contributed by atoms with Gasteiger partial charge in [-0.15, -0.1) is 6.58 Å². The largest absolute Gasteiger partial charge is 0.491 e. The van der Waals surface area contributed by atoms with Crippen molar-refractivity contribution in [1.29, 1.82) is 0 Å². The monoisotopic (exact) mass is 217 g/mol. The van der Waals surface area contributed by atoms with Crippen molar-refractivity contribution in [1.82, 2.24) is 0 Å². The molecule has 0 bridgehead atoms. The molecule has 0 saturated heterocycles. The minimum absolute atomic E-state index is 0.130. The first-order valence-corrected chi connectivity index (χ1v) is 5.84. The first-order chi connectivity index (χ1) is 7.60. The third-order valence-electron chi connectivity index (χ3n) is 2.57. The molecular weight excluding hydrogens is 196 g/mol. The maximum Gasteiger partial charge on any atom is 0.123 e. The van der Waals surface area contributed by atoms with Crippen molar-refractivity contribution in [2.75, 3.05) is 0 Å². The predicted octanol–water partition coefficient (Wildman–Crippen LogP) is 4.14. The number of benzene rings is 1. The lowest BCUT2D eigenvalue weighted by Crippen LogP contribution is -2.09. The van der Waals surface area contributed by atoms with Crippen LogP contribution in [0, 0.1) is 6.92 Å². The van der Waals surface area contributed by atoms with Crippen LogP contribution in [0.2, 0.25) is 0 Å². The summed E-state index contributed by atoms with van der Waals surface area (Å²) in [7, 11) is 0. The van der Waals surface area contributed by atoms with Crippen molar-refractivity contribution in [3.05, 3.63) is 48.9 Å². The molecular formula is C15H21O. The third kappa shape index (κ3) is 2.88. The minimum Gasteiger partial charge on any atom is -0.491 e. The number of allylic oxidation sites excluding steroid dienone is 1. The van der Waals surface area contributed by atoms with E-state index in [2.05, 4.69) is 26.5 Å². The number of hydrogen-bond donors (Lipinski definition) is 0. The molecule has 1 rings (SSSR count). The van der Waals surface area contributed by atoms with E-state index < -0.39 is 0 Å². The average Bonchev–Trinajstić information content (AvgIpc) is 2.27. The molecule has 0 spiro atoms. The molecule has 87 valence electrons. The van der Waals surface area contributed by atoms with Gasteiger partial charge in [-0.25, -0.2) is 0 Å². The molecule has 1 radical (unpaired) electrons. The van der Waals surface area contributed by atoms with Crippen LogP contribution in [0.25, 0.3) is 0 Å². The summed E-state index contributed by atoms with van der Waals surface area (Å²) in [5, 5.41) is 0. The van der Waals surface area contributed by atoms with Gasteiger partial charge in [-0.2, -0.15) is 0 Å². The second-order valence-corrected chi connectivity index (χ2v) is 4.19. The van der Waals surface area contributed by atoms with Crippen molar-refractivity contribution >= 4 is 0 Å². The quantitative estimate of drug-likeness (QED) is 0.673. The van der Waals surface area contributed by atoms with Crippen LogP contribution in [0.5, 0.6) is 5.75 Å². The lowest BCUT2D eigenvalue weighted by molar-refractivity contribution is 0.240. The number of rotatable bonds is 5. The standard InChI is InChI=1S/C15H21O/c1-6-12(5)14-9-8-10-15(13(14)7-2)16-11(3)4/h6,8-12H,1,5,7H2,2-4H3. The summed E-state index contributed by atoms with van der Waals surface area (Å²) in [6.45, 7) is 14.1. The highest BCUT2D eigenvalue weighted by Gasteiger charge is 2.12.